The molecule has 0 spiro atoms. The van der Waals surface area contributed by atoms with Gasteiger partial charge in [0.15, 0.2) is 0 Å². The molecule has 0 aliphatic rings. The lowest BCUT2D eigenvalue weighted by Crippen LogP contribution is -2.17. The number of hydrogen-bond donors (Lipinski definition) is 1. The number of aryl methyl sites for hydroxylation is 1. The maximum Gasteiger partial charge on any atom is 0.280 e. The van der Waals surface area contributed by atoms with Crippen molar-refractivity contribution in [2.75, 3.05) is 6.61 Å². The van der Waals surface area contributed by atoms with Gasteiger partial charge in [-0.3, -0.25) is 9.89 Å². The van der Waals surface area contributed by atoms with E-state index in [1.165, 1.54) is 11.3 Å². The Labute approximate surface area is 182 Å². The van der Waals surface area contributed by atoms with Crippen LogP contribution in [0.5, 0.6) is 5.75 Å². The van der Waals surface area contributed by atoms with Gasteiger partial charge in [-0.1, -0.05) is 47.7 Å². The summed E-state index contributed by atoms with van der Waals surface area (Å²) in [6, 6.07) is 19.7. The lowest BCUT2D eigenvalue weighted by molar-refractivity contribution is 0.341. The van der Waals surface area contributed by atoms with Crippen molar-refractivity contribution >= 4 is 43.7 Å². The number of nitrogens with zero attached hydrogens (tertiary/aromatic N) is 3. The minimum Gasteiger partial charge on any atom is -0.494 e. The summed E-state index contributed by atoms with van der Waals surface area (Å²) in [5, 5.41) is 5.87. The highest BCUT2D eigenvalue weighted by Gasteiger charge is 2.13. The summed E-state index contributed by atoms with van der Waals surface area (Å²) >= 11 is 1.47. The number of benzene rings is 3. The summed E-state index contributed by atoms with van der Waals surface area (Å²) in [7, 11) is 0. The molecule has 1 N–H and O–H groups in total. The number of thiazole rings is 1. The van der Waals surface area contributed by atoms with E-state index in [0.717, 1.165) is 38.1 Å². The van der Waals surface area contributed by atoms with Gasteiger partial charge in [-0.2, -0.15) is 0 Å². The zero-order chi connectivity index (χ0) is 21.4. The Bertz CT molecular complexity index is 1490. The first-order valence-electron chi connectivity index (χ1n) is 10.0. The second-order valence-corrected chi connectivity index (χ2v) is 8.12. The predicted molar refractivity (Wildman–Crippen MR) is 127 cm³/mol. The van der Waals surface area contributed by atoms with Crippen LogP contribution in [0.25, 0.3) is 26.7 Å². The highest BCUT2D eigenvalue weighted by molar-refractivity contribution is 7.22. The molecule has 0 aliphatic carbocycles. The number of aromatic nitrogens is 3. The van der Waals surface area contributed by atoms with Gasteiger partial charge in [-0.25, -0.2) is 14.7 Å². The lowest BCUT2D eigenvalue weighted by Gasteiger charge is -2.06. The summed E-state index contributed by atoms with van der Waals surface area (Å²) in [5.74, 6) is 0.814. The molecular weight excluding hydrogens is 408 g/mol. The highest BCUT2D eigenvalue weighted by atomic mass is 32.1. The Morgan fingerprint density at radius 3 is 2.87 bits per heavy atom. The van der Waals surface area contributed by atoms with Gasteiger partial charge in [0.1, 0.15) is 5.75 Å². The Morgan fingerprint density at radius 2 is 2.00 bits per heavy atom. The molecule has 5 rings (SSSR count). The smallest absolute Gasteiger partial charge is 0.280 e. The van der Waals surface area contributed by atoms with Crippen LogP contribution in [0.2, 0.25) is 0 Å². The van der Waals surface area contributed by atoms with Crippen molar-refractivity contribution in [2.45, 2.75) is 13.8 Å². The first-order chi connectivity index (χ1) is 15.1. The molecule has 0 radical (unpaired) electrons. The molecule has 7 heteroatoms. The van der Waals surface area contributed by atoms with E-state index in [2.05, 4.69) is 15.1 Å². The number of rotatable bonds is 5. The molecule has 3 aromatic carbocycles. The molecular formula is C24H20N4O2S. The fraction of sp³-hybridized carbons (Fsp3) is 0.125. The van der Waals surface area contributed by atoms with Crippen LogP contribution in [0.3, 0.4) is 0 Å². The van der Waals surface area contributed by atoms with Gasteiger partial charge >= 0.3 is 0 Å². The fourth-order valence-corrected chi connectivity index (χ4v) is 4.45. The van der Waals surface area contributed by atoms with Crippen molar-refractivity contribution in [3.05, 3.63) is 82.3 Å². The van der Waals surface area contributed by atoms with Crippen molar-refractivity contribution in [3.8, 4) is 11.4 Å². The largest absolute Gasteiger partial charge is 0.494 e. The molecule has 0 fully saturated rings. The van der Waals surface area contributed by atoms with Crippen molar-refractivity contribution in [3.63, 3.8) is 0 Å². The van der Waals surface area contributed by atoms with E-state index in [1.807, 2.05) is 74.5 Å². The SMILES string of the molecule is CCOc1ccc2nc(N=Cc3c(C)[nH]n(-c4cccc5ccccc45)c3=O)sc2c1. The van der Waals surface area contributed by atoms with Crippen LogP contribution in [-0.4, -0.2) is 27.6 Å². The second-order valence-electron chi connectivity index (χ2n) is 7.11. The molecule has 0 unspecified atom stereocenters. The van der Waals surface area contributed by atoms with E-state index >= 15 is 0 Å². The monoisotopic (exact) mass is 428 g/mol. The van der Waals surface area contributed by atoms with Gasteiger partial charge in [0.05, 0.1) is 28.1 Å². The molecule has 6 nitrogen and oxygen atoms in total. The third-order valence-electron chi connectivity index (χ3n) is 5.09. The van der Waals surface area contributed by atoms with Crippen LogP contribution in [-0.2, 0) is 0 Å². The Morgan fingerprint density at radius 1 is 1.16 bits per heavy atom. The summed E-state index contributed by atoms with van der Waals surface area (Å²) in [5.41, 5.74) is 2.80. The van der Waals surface area contributed by atoms with Gasteiger partial charge in [0, 0.05) is 17.3 Å². The van der Waals surface area contributed by atoms with Crippen LogP contribution in [0, 0.1) is 6.92 Å². The standard InChI is InChI=1S/C24H20N4O2S/c1-3-30-17-11-12-20-22(13-17)31-24(26-20)25-14-19-15(2)27-28(23(19)29)21-10-6-8-16-7-4-5-9-18(16)21/h4-14,27H,3H2,1-2H3. The first-order valence-corrected chi connectivity index (χ1v) is 10.8. The molecule has 0 amide bonds. The Hall–Kier alpha value is -3.71. The average Bonchev–Trinajstić information content (AvgIpc) is 3.31. The van der Waals surface area contributed by atoms with E-state index in [4.69, 9.17) is 4.74 Å². The van der Waals surface area contributed by atoms with Gasteiger partial charge in [-0.15, -0.1) is 0 Å². The van der Waals surface area contributed by atoms with E-state index < -0.39 is 0 Å². The average molecular weight is 429 g/mol. The molecule has 0 bridgehead atoms. The highest BCUT2D eigenvalue weighted by Crippen LogP contribution is 2.31. The summed E-state index contributed by atoms with van der Waals surface area (Å²) in [6.07, 6.45) is 1.59. The molecule has 2 heterocycles. The molecule has 0 atom stereocenters. The van der Waals surface area contributed by atoms with Gasteiger partial charge in [0.2, 0.25) is 5.13 Å². The first kappa shape index (κ1) is 19.3. The molecule has 154 valence electrons. The van der Waals surface area contributed by atoms with Gasteiger partial charge < -0.3 is 4.74 Å². The van der Waals surface area contributed by atoms with E-state index in [-0.39, 0.29) is 5.56 Å². The molecule has 2 aromatic heterocycles. The number of hydrogen-bond acceptors (Lipinski definition) is 5. The van der Waals surface area contributed by atoms with E-state index in [1.54, 1.807) is 10.9 Å². The molecule has 31 heavy (non-hydrogen) atoms. The van der Waals surface area contributed by atoms with Crippen LogP contribution in [0.15, 0.2) is 70.5 Å². The second kappa shape index (κ2) is 7.85. The Kier molecular flexibility index (Phi) is 4.88. The zero-order valence-corrected chi connectivity index (χ0v) is 17.9. The van der Waals surface area contributed by atoms with Crippen LogP contribution in [0.1, 0.15) is 18.2 Å². The number of fused-ring (bicyclic) bond motifs is 2. The van der Waals surface area contributed by atoms with Crippen molar-refractivity contribution in [1.82, 2.24) is 14.8 Å². The molecule has 5 aromatic rings. The van der Waals surface area contributed by atoms with Gasteiger partial charge in [-0.05, 0) is 43.5 Å². The van der Waals surface area contributed by atoms with Crippen LogP contribution < -0.4 is 10.3 Å². The van der Waals surface area contributed by atoms with E-state index in [9.17, 15) is 4.79 Å². The van der Waals surface area contributed by atoms with Crippen molar-refractivity contribution < 1.29 is 4.74 Å². The summed E-state index contributed by atoms with van der Waals surface area (Å²) in [4.78, 5) is 22.2. The zero-order valence-electron chi connectivity index (χ0n) is 17.1. The number of aliphatic imine (C=N–C) groups is 1. The number of H-pyrrole nitrogens is 1. The minimum absolute atomic E-state index is 0.141. The number of aromatic amines is 1. The summed E-state index contributed by atoms with van der Waals surface area (Å²) in [6.45, 7) is 4.44. The Balaban J connectivity index is 1.52. The predicted octanol–water partition coefficient (Wildman–Crippen LogP) is 5.39. The minimum atomic E-state index is -0.141. The van der Waals surface area contributed by atoms with Crippen molar-refractivity contribution in [1.29, 1.82) is 0 Å². The molecule has 0 saturated carbocycles. The molecule has 0 aliphatic heterocycles. The van der Waals surface area contributed by atoms with E-state index in [0.29, 0.717) is 17.3 Å². The third kappa shape index (κ3) is 3.53. The summed E-state index contributed by atoms with van der Waals surface area (Å²) < 4.78 is 8.12. The van der Waals surface area contributed by atoms with Crippen LogP contribution in [0.4, 0.5) is 5.13 Å². The number of nitrogens with one attached hydrogen (secondary N) is 1. The quantitative estimate of drug-likeness (QED) is 0.382. The van der Waals surface area contributed by atoms with Crippen LogP contribution >= 0.6 is 11.3 Å². The fourth-order valence-electron chi connectivity index (χ4n) is 3.61. The topological polar surface area (TPSA) is 72.3 Å². The molecule has 0 saturated heterocycles. The van der Waals surface area contributed by atoms with Crippen molar-refractivity contribution in [2.24, 2.45) is 4.99 Å². The third-order valence-corrected chi connectivity index (χ3v) is 6.01. The number of ether oxygens (including phenoxy) is 1. The normalized spacial score (nSPS) is 11.7. The van der Waals surface area contributed by atoms with Gasteiger partial charge in [0.25, 0.3) is 5.56 Å². The maximum absolute atomic E-state index is 13.2. The lowest BCUT2D eigenvalue weighted by atomic mass is 10.1. The maximum atomic E-state index is 13.2.